The van der Waals surface area contributed by atoms with Gasteiger partial charge in [-0.3, -0.25) is 4.79 Å². The van der Waals surface area contributed by atoms with E-state index in [0.717, 1.165) is 0 Å². The third-order valence-electron chi connectivity index (χ3n) is 3.18. The third kappa shape index (κ3) is 5.12. The number of halogens is 1. The summed E-state index contributed by atoms with van der Waals surface area (Å²) in [4.78, 5) is 24.0. The van der Waals surface area contributed by atoms with Crippen molar-refractivity contribution < 1.29 is 23.8 Å². The van der Waals surface area contributed by atoms with Crippen LogP contribution in [0.5, 0.6) is 11.5 Å². The number of ether oxygens (including phenoxy) is 3. The lowest BCUT2D eigenvalue weighted by Crippen LogP contribution is -2.21. The Hall–Kier alpha value is -2.73. The second kappa shape index (κ2) is 8.94. The first-order chi connectivity index (χ1) is 12.0. The molecule has 0 aromatic heterocycles. The quantitative estimate of drug-likeness (QED) is 0.761. The Labute approximate surface area is 150 Å². The smallest absolute Gasteiger partial charge is 0.341 e. The molecule has 132 valence electrons. The molecule has 6 nitrogen and oxygen atoms in total. The third-order valence-corrected chi connectivity index (χ3v) is 3.41. The Bertz CT molecular complexity index is 763. The second-order valence-electron chi connectivity index (χ2n) is 4.90. The number of carbonyl (C=O) groups excluding carboxylic acids is 2. The SMILES string of the molecule is CCOC(=O)c1ccccc1OCC(=O)Nc1cc(Cl)ccc1OC. The highest BCUT2D eigenvalue weighted by Crippen LogP contribution is 2.27. The topological polar surface area (TPSA) is 73.9 Å². The van der Waals surface area contributed by atoms with E-state index >= 15 is 0 Å². The molecular formula is C18H18ClNO5. The van der Waals surface area contributed by atoms with Crippen molar-refractivity contribution in [3.8, 4) is 11.5 Å². The molecule has 2 aromatic carbocycles. The van der Waals surface area contributed by atoms with E-state index in [1.165, 1.54) is 7.11 Å². The Kier molecular flexibility index (Phi) is 6.65. The zero-order chi connectivity index (χ0) is 18.2. The van der Waals surface area contributed by atoms with Gasteiger partial charge in [-0.1, -0.05) is 23.7 Å². The van der Waals surface area contributed by atoms with Gasteiger partial charge in [0, 0.05) is 5.02 Å². The van der Waals surface area contributed by atoms with Crippen LogP contribution in [0.1, 0.15) is 17.3 Å². The number of benzene rings is 2. The largest absolute Gasteiger partial charge is 0.495 e. The second-order valence-corrected chi connectivity index (χ2v) is 5.33. The summed E-state index contributed by atoms with van der Waals surface area (Å²) in [5.41, 5.74) is 0.694. The molecule has 0 unspecified atom stereocenters. The molecule has 0 atom stereocenters. The van der Waals surface area contributed by atoms with Crippen LogP contribution in [0.3, 0.4) is 0 Å². The van der Waals surface area contributed by atoms with Crippen LogP contribution in [0.2, 0.25) is 5.02 Å². The van der Waals surface area contributed by atoms with Crippen LogP contribution < -0.4 is 14.8 Å². The number of amides is 1. The Morgan fingerprint density at radius 1 is 1.12 bits per heavy atom. The standard InChI is InChI=1S/C18H18ClNO5/c1-3-24-18(22)13-6-4-5-7-15(13)25-11-17(21)20-14-10-12(19)8-9-16(14)23-2/h4-10H,3,11H2,1-2H3,(H,20,21). The van der Waals surface area contributed by atoms with Crippen molar-refractivity contribution >= 4 is 29.2 Å². The summed E-state index contributed by atoms with van der Waals surface area (Å²) in [6, 6.07) is 11.4. The molecule has 7 heteroatoms. The zero-order valence-corrected chi connectivity index (χ0v) is 14.6. The molecule has 0 radical (unpaired) electrons. The molecule has 1 N–H and O–H groups in total. The number of nitrogens with one attached hydrogen (secondary N) is 1. The Morgan fingerprint density at radius 3 is 2.60 bits per heavy atom. The average molecular weight is 364 g/mol. The number of esters is 1. The Balaban J connectivity index is 2.04. The molecule has 0 bridgehead atoms. The van der Waals surface area contributed by atoms with Crippen LogP contribution in [-0.4, -0.2) is 32.2 Å². The van der Waals surface area contributed by atoms with Crippen molar-refractivity contribution in [3.63, 3.8) is 0 Å². The highest BCUT2D eigenvalue weighted by Gasteiger charge is 2.15. The van der Waals surface area contributed by atoms with E-state index in [2.05, 4.69) is 5.32 Å². The summed E-state index contributed by atoms with van der Waals surface area (Å²) < 4.78 is 15.6. The fourth-order valence-electron chi connectivity index (χ4n) is 2.08. The van der Waals surface area contributed by atoms with Crippen molar-refractivity contribution in [2.75, 3.05) is 25.6 Å². The minimum absolute atomic E-state index is 0.252. The molecule has 2 rings (SSSR count). The van der Waals surface area contributed by atoms with Crippen molar-refractivity contribution in [3.05, 3.63) is 53.1 Å². The predicted octanol–water partition coefficient (Wildman–Crippen LogP) is 3.54. The van der Waals surface area contributed by atoms with Gasteiger partial charge in [-0.15, -0.1) is 0 Å². The Morgan fingerprint density at radius 2 is 1.88 bits per heavy atom. The molecule has 0 heterocycles. The van der Waals surface area contributed by atoms with Gasteiger partial charge in [0.05, 0.1) is 19.4 Å². The average Bonchev–Trinajstić information content (AvgIpc) is 2.60. The van der Waals surface area contributed by atoms with E-state index in [1.807, 2.05) is 0 Å². The van der Waals surface area contributed by atoms with Gasteiger partial charge in [-0.2, -0.15) is 0 Å². The highest BCUT2D eigenvalue weighted by atomic mass is 35.5. The number of methoxy groups -OCH3 is 1. The molecule has 2 aromatic rings. The van der Waals surface area contributed by atoms with E-state index in [-0.39, 0.29) is 24.5 Å². The number of para-hydroxylation sites is 1. The first-order valence-electron chi connectivity index (χ1n) is 7.57. The van der Waals surface area contributed by atoms with Crippen molar-refractivity contribution in [1.82, 2.24) is 0 Å². The summed E-state index contributed by atoms with van der Waals surface area (Å²) >= 11 is 5.93. The van der Waals surface area contributed by atoms with E-state index < -0.39 is 11.9 Å². The van der Waals surface area contributed by atoms with Gasteiger partial charge < -0.3 is 19.5 Å². The summed E-state index contributed by atoms with van der Waals surface area (Å²) in [7, 11) is 1.49. The van der Waals surface area contributed by atoms with Crippen molar-refractivity contribution in [1.29, 1.82) is 0 Å². The molecular weight excluding hydrogens is 346 g/mol. The normalized spacial score (nSPS) is 10.0. The first-order valence-corrected chi connectivity index (χ1v) is 7.95. The summed E-state index contributed by atoms with van der Waals surface area (Å²) in [6.45, 7) is 1.68. The molecule has 0 aliphatic rings. The van der Waals surface area contributed by atoms with E-state index in [4.69, 9.17) is 25.8 Å². The number of hydrogen-bond acceptors (Lipinski definition) is 5. The van der Waals surface area contributed by atoms with Gasteiger partial charge in [0.25, 0.3) is 5.91 Å². The maximum Gasteiger partial charge on any atom is 0.341 e. The van der Waals surface area contributed by atoms with Gasteiger partial charge >= 0.3 is 5.97 Å². The number of carbonyl (C=O) groups is 2. The molecule has 1 amide bonds. The van der Waals surface area contributed by atoms with Crippen molar-refractivity contribution in [2.45, 2.75) is 6.92 Å². The van der Waals surface area contributed by atoms with E-state index in [9.17, 15) is 9.59 Å². The predicted molar refractivity (Wildman–Crippen MR) is 94.5 cm³/mol. The minimum Gasteiger partial charge on any atom is -0.495 e. The van der Waals surface area contributed by atoms with Gasteiger partial charge in [0.2, 0.25) is 0 Å². The van der Waals surface area contributed by atoms with E-state index in [0.29, 0.717) is 16.5 Å². The molecule has 0 spiro atoms. The van der Waals surface area contributed by atoms with Crippen LogP contribution in [-0.2, 0) is 9.53 Å². The lowest BCUT2D eigenvalue weighted by molar-refractivity contribution is -0.118. The van der Waals surface area contributed by atoms with Crippen LogP contribution in [0.25, 0.3) is 0 Å². The maximum atomic E-state index is 12.1. The molecule has 0 saturated heterocycles. The highest BCUT2D eigenvalue weighted by molar-refractivity contribution is 6.31. The number of anilines is 1. The molecule has 0 saturated carbocycles. The summed E-state index contributed by atoms with van der Waals surface area (Å²) in [5.74, 6) is -0.173. The molecule has 0 aliphatic heterocycles. The number of rotatable bonds is 7. The van der Waals surface area contributed by atoms with Crippen LogP contribution >= 0.6 is 11.6 Å². The lowest BCUT2D eigenvalue weighted by Gasteiger charge is -2.12. The van der Waals surface area contributed by atoms with Crippen LogP contribution in [0.4, 0.5) is 5.69 Å². The lowest BCUT2D eigenvalue weighted by atomic mass is 10.2. The fraction of sp³-hybridized carbons (Fsp3) is 0.222. The molecule has 0 aliphatic carbocycles. The van der Waals surface area contributed by atoms with E-state index in [1.54, 1.807) is 49.4 Å². The molecule has 25 heavy (non-hydrogen) atoms. The monoisotopic (exact) mass is 363 g/mol. The van der Waals surface area contributed by atoms with Gasteiger partial charge in [0.15, 0.2) is 6.61 Å². The minimum atomic E-state index is -0.505. The van der Waals surface area contributed by atoms with Gasteiger partial charge in [0.1, 0.15) is 17.1 Å². The summed E-state index contributed by atoms with van der Waals surface area (Å²) in [6.07, 6.45) is 0. The van der Waals surface area contributed by atoms with Crippen LogP contribution in [0.15, 0.2) is 42.5 Å². The maximum absolute atomic E-state index is 12.1. The number of hydrogen-bond donors (Lipinski definition) is 1. The van der Waals surface area contributed by atoms with Gasteiger partial charge in [-0.05, 0) is 37.3 Å². The summed E-state index contributed by atoms with van der Waals surface area (Å²) in [5, 5.41) is 3.12. The van der Waals surface area contributed by atoms with Gasteiger partial charge in [-0.25, -0.2) is 4.79 Å². The molecule has 0 fully saturated rings. The first kappa shape index (κ1) is 18.6. The van der Waals surface area contributed by atoms with Crippen LogP contribution in [0, 0.1) is 0 Å². The van der Waals surface area contributed by atoms with Crippen molar-refractivity contribution in [2.24, 2.45) is 0 Å². The zero-order valence-electron chi connectivity index (χ0n) is 13.9. The fourth-order valence-corrected chi connectivity index (χ4v) is 2.25.